The minimum absolute atomic E-state index is 0.0635. The summed E-state index contributed by atoms with van der Waals surface area (Å²) in [6.07, 6.45) is 8.04. The average Bonchev–Trinajstić information content (AvgIpc) is 2.93. The van der Waals surface area contributed by atoms with Crippen molar-refractivity contribution in [3.8, 4) is 5.75 Å². The zero-order valence-electron chi connectivity index (χ0n) is 19.0. The first-order valence-electron chi connectivity index (χ1n) is 11.9. The van der Waals surface area contributed by atoms with Gasteiger partial charge < -0.3 is 20.3 Å². The normalized spacial score (nSPS) is 19.9. The molecule has 2 atom stereocenters. The van der Waals surface area contributed by atoms with E-state index in [1.54, 1.807) is 24.3 Å². The second kappa shape index (κ2) is 12.6. The Balaban J connectivity index is 1.51. The van der Waals surface area contributed by atoms with Crippen molar-refractivity contribution in [2.24, 2.45) is 5.92 Å². The molecule has 4 N–H and O–H groups in total. The van der Waals surface area contributed by atoms with E-state index in [2.05, 4.69) is 10.6 Å². The van der Waals surface area contributed by atoms with Crippen molar-refractivity contribution >= 4 is 23.5 Å². The van der Waals surface area contributed by atoms with Gasteiger partial charge in [0.05, 0.1) is 5.69 Å². The number of unbranched alkanes of at least 4 members (excludes halogenated alkanes) is 3. The van der Waals surface area contributed by atoms with Gasteiger partial charge in [-0.3, -0.25) is 24.6 Å². The van der Waals surface area contributed by atoms with Crippen LogP contribution in [0.25, 0.3) is 0 Å². The average molecular weight is 462 g/mol. The molecule has 0 bridgehead atoms. The molecule has 0 spiro atoms. The van der Waals surface area contributed by atoms with E-state index in [0.717, 1.165) is 49.6 Å². The van der Waals surface area contributed by atoms with Crippen LogP contribution < -0.4 is 20.3 Å². The molecule has 9 heteroatoms. The first-order chi connectivity index (χ1) is 16.0. The summed E-state index contributed by atoms with van der Waals surface area (Å²) in [5.74, 6) is -1.48. The predicted molar refractivity (Wildman–Crippen MR) is 124 cm³/mol. The van der Waals surface area contributed by atoms with Crippen LogP contribution in [0.1, 0.15) is 51.4 Å². The van der Waals surface area contributed by atoms with Gasteiger partial charge in [-0.2, -0.15) is 0 Å². The molecule has 3 rings (SSSR count). The first-order valence-corrected chi connectivity index (χ1v) is 11.9. The molecule has 2 aliphatic rings. The van der Waals surface area contributed by atoms with E-state index in [1.807, 2.05) is 0 Å². The monoisotopic (exact) mass is 461 g/mol. The van der Waals surface area contributed by atoms with Crippen molar-refractivity contribution in [2.45, 2.75) is 63.5 Å². The summed E-state index contributed by atoms with van der Waals surface area (Å²) in [4.78, 5) is 37.4. The summed E-state index contributed by atoms with van der Waals surface area (Å²) < 4.78 is 5.72. The Bertz CT molecular complexity index is 811. The molecule has 182 valence electrons. The minimum atomic E-state index is -1.15. The Hall–Kier alpha value is -2.65. The summed E-state index contributed by atoms with van der Waals surface area (Å²) >= 11 is 0. The SMILES string of the molecule is O=C(O)CN1C(=O)[C@@H](N[C@H](CCCCCCC2CCNCC2)C(=O)O)COc2ccccc21. The van der Waals surface area contributed by atoms with Crippen LogP contribution in [-0.2, 0) is 14.4 Å². The van der Waals surface area contributed by atoms with Gasteiger partial charge in [-0.15, -0.1) is 0 Å². The van der Waals surface area contributed by atoms with E-state index in [1.165, 1.54) is 19.3 Å². The maximum atomic E-state index is 13.1. The Labute approximate surface area is 194 Å². The molecule has 0 saturated carbocycles. The molecule has 0 aliphatic carbocycles. The highest BCUT2D eigenvalue weighted by atomic mass is 16.5. The number of hydrogen-bond donors (Lipinski definition) is 4. The molecular formula is C24H35N3O6. The van der Waals surface area contributed by atoms with Gasteiger partial charge in [0.15, 0.2) is 0 Å². The summed E-state index contributed by atoms with van der Waals surface area (Å²) in [7, 11) is 0. The molecule has 2 aliphatic heterocycles. The standard InChI is InChI=1S/C24H35N3O6/c28-22(29)15-27-20-9-5-6-10-21(20)33-16-19(23(27)30)26-18(24(31)32)8-4-2-1-3-7-17-11-13-25-14-12-17/h5-6,9-10,17-19,25-26H,1-4,7-8,11-16H2,(H,28,29)(H,31,32)/t18-,19+/m1/s1. The van der Waals surface area contributed by atoms with Gasteiger partial charge >= 0.3 is 11.9 Å². The lowest BCUT2D eigenvalue weighted by Gasteiger charge is -2.25. The van der Waals surface area contributed by atoms with E-state index >= 15 is 0 Å². The highest BCUT2D eigenvalue weighted by Gasteiger charge is 2.35. The molecule has 0 aromatic heterocycles. The number of rotatable bonds is 12. The van der Waals surface area contributed by atoms with Crippen LogP contribution >= 0.6 is 0 Å². The summed E-state index contributed by atoms with van der Waals surface area (Å²) in [5.41, 5.74) is 0.370. The quantitative estimate of drug-likeness (QED) is 0.349. The third kappa shape index (κ3) is 7.43. The van der Waals surface area contributed by atoms with Crippen molar-refractivity contribution in [3.05, 3.63) is 24.3 Å². The Kier molecular flexibility index (Phi) is 9.50. The number of carbonyl (C=O) groups is 3. The third-order valence-corrected chi connectivity index (χ3v) is 6.43. The maximum absolute atomic E-state index is 13.1. The summed E-state index contributed by atoms with van der Waals surface area (Å²) in [6, 6.07) is 4.87. The van der Waals surface area contributed by atoms with Crippen LogP contribution in [0.3, 0.4) is 0 Å². The molecule has 0 radical (unpaired) electrons. The first kappa shape index (κ1) is 25.0. The van der Waals surface area contributed by atoms with Crippen molar-refractivity contribution in [3.63, 3.8) is 0 Å². The van der Waals surface area contributed by atoms with Gasteiger partial charge in [0.1, 0.15) is 31.0 Å². The van der Waals surface area contributed by atoms with Crippen molar-refractivity contribution in [1.29, 1.82) is 0 Å². The van der Waals surface area contributed by atoms with Gasteiger partial charge in [-0.1, -0.05) is 44.2 Å². The Morgan fingerprint density at radius 3 is 2.58 bits per heavy atom. The number of anilines is 1. The number of piperidine rings is 1. The number of fused-ring (bicyclic) bond motifs is 1. The molecule has 33 heavy (non-hydrogen) atoms. The number of hydrogen-bond acceptors (Lipinski definition) is 6. The number of ether oxygens (including phenoxy) is 1. The maximum Gasteiger partial charge on any atom is 0.323 e. The van der Waals surface area contributed by atoms with E-state index in [4.69, 9.17) is 4.74 Å². The van der Waals surface area contributed by atoms with Crippen LogP contribution in [0, 0.1) is 5.92 Å². The number of carboxylic acids is 2. The second-order valence-electron chi connectivity index (χ2n) is 8.89. The summed E-state index contributed by atoms with van der Waals surface area (Å²) in [6.45, 7) is 1.63. The third-order valence-electron chi connectivity index (χ3n) is 6.43. The molecule has 1 saturated heterocycles. The highest BCUT2D eigenvalue weighted by Crippen LogP contribution is 2.31. The topological polar surface area (TPSA) is 128 Å². The highest BCUT2D eigenvalue weighted by molar-refractivity contribution is 6.02. The second-order valence-corrected chi connectivity index (χ2v) is 8.89. The zero-order valence-corrected chi connectivity index (χ0v) is 19.0. The van der Waals surface area contributed by atoms with Crippen molar-refractivity contribution in [2.75, 3.05) is 31.1 Å². The number of amides is 1. The predicted octanol–water partition coefficient (Wildman–Crippen LogP) is 2.25. The number of para-hydroxylation sites is 2. The Morgan fingerprint density at radius 2 is 1.85 bits per heavy atom. The van der Waals surface area contributed by atoms with Crippen LogP contribution in [0.15, 0.2) is 24.3 Å². The smallest absolute Gasteiger partial charge is 0.323 e. The number of benzene rings is 1. The molecular weight excluding hydrogens is 426 g/mol. The number of nitrogens with zero attached hydrogens (tertiary/aromatic N) is 1. The van der Waals surface area contributed by atoms with Crippen molar-refractivity contribution < 1.29 is 29.3 Å². The minimum Gasteiger partial charge on any atom is -0.489 e. The number of carboxylic acid groups (broad SMARTS) is 2. The lowest BCUT2D eigenvalue weighted by Crippen LogP contribution is -2.54. The van der Waals surface area contributed by atoms with E-state index < -0.39 is 36.5 Å². The molecule has 2 heterocycles. The fraction of sp³-hybridized carbons (Fsp3) is 0.625. The Morgan fingerprint density at radius 1 is 1.12 bits per heavy atom. The molecule has 1 amide bonds. The van der Waals surface area contributed by atoms with Crippen LogP contribution in [0.2, 0.25) is 0 Å². The fourth-order valence-corrected chi connectivity index (χ4v) is 4.60. The number of aliphatic carboxylic acids is 2. The van der Waals surface area contributed by atoms with Crippen LogP contribution in [0.5, 0.6) is 5.75 Å². The van der Waals surface area contributed by atoms with Gasteiger partial charge in [0.2, 0.25) is 5.91 Å². The van der Waals surface area contributed by atoms with Gasteiger partial charge in [-0.05, 0) is 50.4 Å². The van der Waals surface area contributed by atoms with Crippen molar-refractivity contribution in [1.82, 2.24) is 10.6 Å². The molecule has 1 aromatic rings. The fourth-order valence-electron chi connectivity index (χ4n) is 4.60. The zero-order chi connectivity index (χ0) is 23.6. The lowest BCUT2D eigenvalue weighted by molar-refractivity contribution is -0.141. The van der Waals surface area contributed by atoms with E-state index in [0.29, 0.717) is 17.9 Å². The van der Waals surface area contributed by atoms with Crippen LogP contribution in [-0.4, -0.2) is 66.4 Å². The van der Waals surface area contributed by atoms with Gasteiger partial charge in [0.25, 0.3) is 0 Å². The van der Waals surface area contributed by atoms with E-state index in [9.17, 15) is 24.6 Å². The molecule has 9 nitrogen and oxygen atoms in total. The number of nitrogens with one attached hydrogen (secondary N) is 2. The molecule has 0 unspecified atom stereocenters. The largest absolute Gasteiger partial charge is 0.489 e. The van der Waals surface area contributed by atoms with E-state index in [-0.39, 0.29) is 6.61 Å². The number of carbonyl (C=O) groups excluding carboxylic acids is 1. The van der Waals surface area contributed by atoms with Crippen LogP contribution in [0.4, 0.5) is 5.69 Å². The lowest BCUT2D eigenvalue weighted by atomic mass is 9.92. The molecule has 1 aromatic carbocycles. The van der Waals surface area contributed by atoms with Gasteiger partial charge in [0, 0.05) is 0 Å². The van der Waals surface area contributed by atoms with Gasteiger partial charge in [-0.25, -0.2) is 0 Å². The summed E-state index contributed by atoms with van der Waals surface area (Å²) in [5, 5.41) is 25.3. The molecule has 1 fully saturated rings.